The van der Waals surface area contributed by atoms with Gasteiger partial charge >= 0.3 is 0 Å². The van der Waals surface area contributed by atoms with Gasteiger partial charge in [-0.3, -0.25) is 0 Å². The zero-order valence-electron chi connectivity index (χ0n) is 11.0. The molecule has 1 aromatic rings. The first kappa shape index (κ1) is 13.5. The third-order valence-corrected chi connectivity index (χ3v) is 3.35. The number of benzene rings is 1. The molecule has 1 fully saturated rings. The number of likely N-dealkylation sites (N-methyl/N-ethyl adjacent to an activating group) is 1. The summed E-state index contributed by atoms with van der Waals surface area (Å²) in [6.45, 7) is 5.02. The standard InChI is InChI=1S/C14H22FN3/c1-18-8-7-17-14(11-18)5-6-16-10-12-3-2-4-13(15)9-12/h2-4,9,14,16-17H,5-8,10-11H2,1H3. The molecule has 1 heterocycles. The smallest absolute Gasteiger partial charge is 0.123 e. The molecule has 4 heteroatoms. The number of rotatable bonds is 5. The maximum absolute atomic E-state index is 13.0. The number of halogens is 1. The third kappa shape index (κ3) is 4.37. The summed E-state index contributed by atoms with van der Waals surface area (Å²) in [6.07, 6.45) is 1.11. The highest BCUT2D eigenvalue weighted by Gasteiger charge is 2.15. The largest absolute Gasteiger partial charge is 0.313 e. The molecule has 2 N–H and O–H groups in total. The van der Waals surface area contributed by atoms with Gasteiger partial charge in [-0.2, -0.15) is 0 Å². The average molecular weight is 251 g/mol. The van der Waals surface area contributed by atoms with E-state index in [1.165, 1.54) is 6.07 Å². The van der Waals surface area contributed by atoms with Gasteiger partial charge in [0.25, 0.3) is 0 Å². The van der Waals surface area contributed by atoms with Gasteiger partial charge < -0.3 is 15.5 Å². The van der Waals surface area contributed by atoms with Gasteiger partial charge in [-0.15, -0.1) is 0 Å². The van der Waals surface area contributed by atoms with Crippen molar-refractivity contribution in [2.24, 2.45) is 0 Å². The van der Waals surface area contributed by atoms with Crippen LogP contribution in [0.15, 0.2) is 24.3 Å². The van der Waals surface area contributed by atoms with Crippen molar-refractivity contribution in [3.63, 3.8) is 0 Å². The van der Waals surface area contributed by atoms with Crippen LogP contribution in [0.2, 0.25) is 0 Å². The van der Waals surface area contributed by atoms with Gasteiger partial charge in [0, 0.05) is 32.2 Å². The first-order valence-corrected chi connectivity index (χ1v) is 6.61. The molecular weight excluding hydrogens is 229 g/mol. The van der Waals surface area contributed by atoms with Crippen molar-refractivity contribution in [2.75, 3.05) is 33.2 Å². The lowest BCUT2D eigenvalue weighted by atomic mass is 10.1. The number of hydrogen-bond acceptors (Lipinski definition) is 3. The lowest BCUT2D eigenvalue weighted by molar-refractivity contribution is 0.231. The van der Waals surface area contributed by atoms with Crippen LogP contribution in [0.3, 0.4) is 0 Å². The lowest BCUT2D eigenvalue weighted by Gasteiger charge is -2.30. The van der Waals surface area contributed by atoms with Crippen molar-refractivity contribution in [3.8, 4) is 0 Å². The Morgan fingerprint density at radius 3 is 3.17 bits per heavy atom. The van der Waals surface area contributed by atoms with Crippen LogP contribution < -0.4 is 10.6 Å². The first-order valence-electron chi connectivity index (χ1n) is 6.61. The fourth-order valence-electron chi connectivity index (χ4n) is 2.34. The van der Waals surface area contributed by atoms with E-state index in [1.807, 2.05) is 6.07 Å². The second kappa shape index (κ2) is 6.83. The van der Waals surface area contributed by atoms with E-state index in [1.54, 1.807) is 12.1 Å². The van der Waals surface area contributed by atoms with Crippen LogP contribution in [0.25, 0.3) is 0 Å². The van der Waals surface area contributed by atoms with E-state index in [2.05, 4.69) is 22.6 Å². The van der Waals surface area contributed by atoms with Gasteiger partial charge in [-0.25, -0.2) is 4.39 Å². The molecule has 1 aliphatic heterocycles. The van der Waals surface area contributed by atoms with Gasteiger partial charge in [0.05, 0.1) is 0 Å². The van der Waals surface area contributed by atoms with E-state index in [-0.39, 0.29) is 5.82 Å². The SMILES string of the molecule is CN1CCNC(CCNCc2cccc(F)c2)C1. The molecule has 0 radical (unpaired) electrons. The molecule has 0 saturated carbocycles. The summed E-state index contributed by atoms with van der Waals surface area (Å²) in [5.41, 5.74) is 1.00. The van der Waals surface area contributed by atoms with E-state index in [9.17, 15) is 4.39 Å². The van der Waals surface area contributed by atoms with Gasteiger partial charge in [-0.1, -0.05) is 12.1 Å². The molecule has 1 atom stereocenters. The lowest BCUT2D eigenvalue weighted by Crippen LogP contribution is -2.49. The van der Waals surface area contributed by atoms with Crippen molar-refractivity contribution >= 4 is 0 Å². The molecule has 100 valence electrons. The Morgan fingerprint density at radius 2 is 2.39 bits per heavy atom. The Labute approximate surface area is 108 Å². The Kier molecular flexibility index (Phi) is 5.11. The molecule has 1 unspecified atom stereocenters. The Balaban J connectivity index is 1.64. The quantitative estimate of drug-likeness (QED) is 0.770. The summed E-state index contributed by atoms with van der Waals surface area (Å²) in [5, 5.41) is 6.88. The van der Waals surface area contributed by atoms with E-state index < -0.39 is 0 Å². The van der Waals surface area contributed by atoms with Crippen molar-refractivity contribution in [2.45, 2.75) is 19.0 Å². The summed E-state index contributed by atoms with van der Waals surface area (Å²) < 4.78 is 13.0. The molecule has 0 amide bonds. The van der Waals surface area contributed by atoms with E-state index >= 15 is 0 Å². The van der Waals surface area contributed by atoms with Crippen LogP contribution in [0.5, 0.6) is 0 Å². The molecule has 1 saturated heterocycles. The first-order chi connectivity index (χ1) is 8.74. The van der Waals surface area contributed by atoms with Crippen LogP contribution in [0, 0.1) is 5.82 Å². The van der Waals surface area contributed by atoms with E-state index in [0.717, 1.165) is 44.7 Å². The topological polar surface area (TPSA) is 27.3 Å². The number of hydrogen-bond donors (Lipinski definition) is 2. The third-order valence-electron chi connectivity index (χ3n) is 3.35. The van der Waals surface area contributed by atoms with Crippen molar-refractivity contribution in [1.82, 2.24) is 15.5 Å². The van der Waals surface area contributed by atoms with Crippen LogP contribution in [0.4, 0.5) is 4.39 Å². The second-order valence-corrected chi connectivity index (χ2v) is 5.01. The van der Waals surface area contributed by atoms with Gasteiger partial charge in [0.1, 0.15) is 5.82 Å². The zero-order chi connectivity index (χ0) is 12.8. The fraction of sp³-hybridized carbons (Fsp3) is 0.571. The average Bonchev–Trinajstić information content (AvgIpc) is 2.35. The fourth-order valence-corrected chi connectivity index (χ4v) is 2.34. The molecule has 2 rings (SSSR count). The maximum Gasteiger partial charge on any atom is 0.123 e. The van der Waals surface area contributed by atoms with Crippen LogP contribution in [0.1, 0.15) is 12.0 Å². The molecule has 0 bridgehead atoms. The van der Waals surface area contributed by atoms with Crippen molar-refractivity contribution in [3.05, 3.63) is 35.6 Å². The predicted molar refractivity (Wildman–Crippen MR) is 72.0 cm³/mol. The Hall–Kier alpha value is -0.970. The van der Waals surface area contributed by atoms with Gasteiger partial charge in [-0.05, 0) is 37.7 Å². The number of nitrogens with zero attached hydrogens (tertiary/aromatic N) is 1. The molecular formula is C14H22FN3. The predicted octanol–water partition coefficient (Wildman–Crippen LogP) is 1.21. The minimum absolute atomic E-state index is 0.162. The normalized spacial score (nSPS) is 21.1. The van der Waals surface area contributed by atoms with Crippen LogP contribution >= 0.6 is 0 Å². The Bertz CT molecular complexity index is 370. The number of piperazine rings is 1. The second-order valence-electron chi connectivity index (χ2n) is 5.01. The summed E-state index contributed by atoms with van der Waals surface area (Å²) in [4.78, 5) is 2.35. The van der Waals surface area contributed by atoms with E-state index in [4.69, 9.17) is 0 Å². The monoisotopic (exact) mass is 251 g/mol. The summed E-state index contributed by atoms with van der Waals surface area (Å²) in [5.74, 6) is -0.162. The summed E-state index contributed by atoms with van der Waals surface area (Å²) in [7, 11) is 2.16. The number of nitrogens with one attached hydrogen (secondary N) is 2. The highest BCUT2D eigenvalue weighted by Crippen LogP contribution is 2.03. The Morgan fingerprint density at radius 1 is 1.50 bits per heavy atom. The molecule has 0 aromatic heterocycles. The highest BCUT2D eigenvalue weighted by atomic mass is 19.1. The molecule has 1 aromatic carbocycles. The molecule has 0 spiro atoms. The molecule has 18 heavy (non-hydrogen) atoms. The minimum atomic E-state index is -0.162. The van der Waals surface area contributed by atoms with E-state index in [0.29, 0.717) is 6.04 Å². The zero-order valence-corrected chi connectivity index (χ0v) is 11.0. The van der Waals surface area contributed by atoms with Crippen molar-refractivity contribution in [1.29, 1.82) is 0 Å². The molecule has 1 aliphatic rings. The minimum Gasteiger partial charge on any atom is -0.313 e. The van der Waals surface area contributed by atoms with Crippen molar-refractivity contribution < 1.29 is 4.39 Å². The molecule has 3 nitrogen and oxygen atoms in total. The molecule has 0 aliphatic carbocycles. The van der Waals surface area contributed by atoms with Gasteiger partial charge in [0.2, 0.25) is 0 Å². The summed E-state index contributed by atoms with van der Waals surface area (Å²) >= 11 is 0. The van der Waals surface area contributed by atoms with Crippen LogP contribution in [-0.2, 0) is 6.54 Å². The summed E-state index contributed by atoms with van der Waals surface area (Å²) in [6, 6.07) is 7.33. The van der Waals surface area contributed by atoms with Gasteiger partial charge in [0.15, 0.2) is 0 Å². The highest BCUT2D eigenvalue weighted by molar-refractivity contribution is 5.15. The maximum atomic E-state index is 13.0. The van der Waals surface area contributed by atoms with Crippen LogP contribution in [-0.4, -0.2) is 44.2 Å².